The summed E-state index contributed by atoms with van der Waals surface area (Å²) in [5.74, 6) is 1.20. The fourth-order valence-electron chi connectivity index (χ4n) is 2.92. The van der Waals surface area contributed by atoms with E-state index < -0.39 is 0 Å². The Morgan fingerprint density at radius 2 is 2.00 bits per heavy atom. The second-order valence-corrected chi connectivity index (χ2v) is 5.69. The average molecular weight is 282 g/mol. The van der Waals surface area contributed by atoms with Crippen molar-refractivity contribution in [2.45, 2.75) is 46.0 Å². The first-order chi connectivity index (χ1) is 10.2. The van der Waals surface area contributed by atoms with Gasteiger partial charge < -0.3 is 5.32 Å². The third kappa shape index (κ3) is 2.62. The Morgan fingerprint density at radius 1 is 1.19 bits per heavy atom. The minimum Gasteiger partial charge on any atom is -0.369 e. The summed E-state index contributed by atoms with van der Waals surface area (Å²) in [5, 5.41) is 3.44. The smallest absolute Gasteiger partial charge is 0.148 e. The Kier molecular flexibility index (Phi) is 3.86. The van der Waals surface area contributed by atoms with Gasteiger partial charge in [-0.05, 0) is 44.7 Å². The van der Waals surface area contributed by atoms with Crippen molar-refractivity contribution in [1.82, 2.24) is 15.0 Å². The topological polar surface area (TPSA) is 50.7 Å². The number of aromatic nitrogens is 3. The molecule has 1 unspecified atom stereocenters. The van der Waals surface area contributed by atoms with Gasteiger partial charge in [-0.2, -0.15) is 0 Å². The van der Waals surface area contributed by atoms with Gasteiger partial charge in [0.25, 0.3) is 0 Å². The summed E-state index contributed by atoms with van der Waals surface area (Å²) in [6, 6.07) is 4.19. The SMILES string of the molecule is CCCNc1nc(C)c(C)nc1C1CCc2cccnc21. The first kappa shape index (κ1) is 14.0. The molecule has 0 saturated heterocycles. The summed E-state index contributed by atoms with van der Waals surface area (Å²) >= 11 is 0. The monoisotopic (exact) mass is 282 g/mol. The first-order valence-electron chi connectivity index (χ1n) is 7.73. The van der Waals surface area contributed by atoms with Gasteiger partial charge in [-0.1, -0.05) is 13.0 Å². The molecule has 21 heavy (non-hydrogen) atoms. The molecule has 4 heteroatoms. The Hall–Kier alpha value is -1.97. The van der Waals surface area contributed by atoms with Crippen molar-refractivity contribution >= 4 is 5.82 Å². The summed E-state index contributed by atoms with van der Waals surface area (Å²) in [7, 11) is 0. The zero-order valence-corrected chi connectivity index (χ0v) is 13.0. The highest BCUT2D eigenvalue weighted by molar-refractivity contribution is 5.49. The van der Waals surface area contributed by atoms with Gasteiger partial charge >= 0.3 is 0 Å². The van der Waals surface area contributed by atoms with Crippen LogP contribution in [0, 0.1) is 13.8 Å². The Bertz CT molecular complexity index is 651. The maximum Gasteiger partial charge on any atom is 0.148 e. The van der Waals surface area contributed by atoms with Crippen molar-refractivity contribution in [3.8, 4) is 0 Å². The number of pyridine rings is 1. The fraction of sp³-hybridized carbons (Fsp3) is 0.471. The molecule has 0 aliphatic heterocycles. The Morgan fingerprint density at radius 3 is 2.81 bits per heavy atom. The lowest BCUT2D eigenvalue weighted by Crippen LogP contribution is -2.13. The van der Waals surface area contributed by atoms with Gasteiger partial charge in [-0.3, -0.25) is 9.97 Å². The quantitative estimate of drug-likeness (QED) is 0.934. The van der Waals surface area contributed by atoms with Crippen molar-refractivity contribution in [2.24, 2.45) is 0 Å². The van der Waals surface area contributed by atoms with Crippen LogP contribution in [-0.4, -0.2) is 21.5 Å². The van der Waals surface area contributed by atoms with Crippen LogP contribution in [0.1, 0.15) is 54.0 Å². The molecule has 1 atom stereocenters. The van der Waals surface area contributed by atoms with Crippen LogP contribution >= 0.6 is 0 Å². The average Bonchev–Trinajstić information content (AvgIpc) is 2.92. The van der Waals surface area contributed by atoms with Crippen molar-refractivity contribution in [1.29, 1.82) is 0 Å². The van der Waals surface area contributed by atoms with E-state index in [4.69, 9.17) is 9.97 Å². The number of anilines is 1. The first-order valence-corrected chi connectivity index (χ1v) is 7.73. The lowest BCUT2D eigenvalue weighted by molar-refractivity contribution is 0.733. The van der Waals surface area contributed by atoms with Crippen LogP contribution in [0.4, 0.5) is 5.82 Å². The van der Waals surface area contributed by atoms with Crippen molar-refractivity contribution in [3.63, 3.8) is 0 Å². The molecule has 2 aromatic heterocycles. The fourth-order valence-corrected chi connectivity index (χ4v) is 2.92. The van der Waals surface area contributed by atoms with E-state index in [1.807, 2.05) is 26.1 Å². The van der Waals surface area contributed by atoms with Crippen molar-refractivity contribution in [3.05, 3.63) is 46.7 Å². The van der Waals surface area contributed by atoms with Gasteiger partial charge in [0.2, 0.25) is 0 Å². The number of nitrogens with one attached hydrogen (secondary N) is 1. The van der Waals surface area contributed by atoms with E-state index in [2.05, 4.69) is 23.3 Å². The summed E-state index contributed by atoms with van der Waals surface area (Å²) < 4.78 is 0. The van der Waals surface area contributed by atoms with E-state index in [0.717, 1.165) is 48.7 Å². The predicted octanol–water partition coefficient (Wildman–Crippen LogP) is 3.39. The third-order valence-corrected chi connectivity index (χ3v) is 4.16. The summed E-state index contributed by atoms with van der Waals surface area (Å²) in [4.78, 5) is 14.2. The third-order valence-electron chi connectivity index (χ3n) is 4.16. The van der Waals surface area contributed by atoms with Gasteiger partial charge in [0, 0.05) is 18.7 Å². The number of hydrogen-bond acceptors (Lipinski definition) is 4. The molecule has 0 spiro atoms. The molecule has 2 aromatic rings. The van der Waals surface area contributed by atoms with Crippen LogP contribution in [0.5, 0.6) is 0 Å². The lowest BCUT2D eigenvalue weighted by atomic mass is 10.0. The minimum atomic E-state index is 0.271. The second kappa shape index (κ2) is 5.80. The van der Waals surface area contributed by atoms with Crippen LogP contribution < -0.4 is 5.32 Å². The molecule has 1 N–H and O–H groups in total. The number of aryl methyl sites for hydroxylation is 3. The van der Waals surface area contributed by atoms with Gasteiger partial charge in [0.15, 0.2) is 0 Å². The molecular formula is C17H22N4. The molecule has 3 rings (SSSR count). The Balaban J connectivity index is 2.03. The van der Waals surface area contributed by atoms with Crippen LogP contribution in [-0.2, 0) is 6.42 Å². The summed E-state index contributed by atoms with van der Waals surface area (Å²) in [6.45, 7) is 7.13. The van der Waals surface area contributed by atoms with Gasteiger partial charge in [0.05, 0.1) is 22.8 Å². The van der Waals surface area contributed by atoms with Gasteiger partial charge in [-0.15, -0.1) is 0 Å². The van der Waals surface area contributed by atoms with Crippen LogP contribution in [0.25, 0.3) is 0 Å². The summed E-state index contributed by atoms with van der Waals surface area (Å²) in [5.41, 5.74) is 5.59. The molecule has 1 aliphatic rings. The van der Waals surface area contributed by atoms with Crippen LogP contribution in [0.3, 0.4) is 0 Å². The maximum absolute atomic E-state index is 4.84. The van der Waals surface area contributed by atoms with Gasteiger partial charge in [0.1, 0.15) is 5.82 Å². The molecule has 2 heterocycles. The molecular weight excluding hydrogens is 260 g/mol. The van der Waals surface area contributed by atoms with Crippen molar-refractivity contribution < 1.29 is 0 Å². The lowest BCUT2D eigenvalue weighted by Gasteiger charge is -2.17. The molecule has 0 amide bonds. The summed E-state index contributed by atoms with van der Waals surface area (Å²) in [6.07, 6.45) is 5.11. The van der Waals surface area contributed by atoms with Crippen LogP contribution in [0.15, 0.2) is 18.3 Å². The maximum atomic E-state index is 4.84. The van der Waals surface area contributed by atoms with Gasteiger partial charge in [-0.25, -0.2) is 4.98 Å². The van der Waals surface area contributed by atoms with E-state index in [-0.39, 0.29) is 5.92 Å². The molecule has 110 valence electrons. The highest BCUT2D eigenvalue weighted by Crippen LogP contribution is 2.38. The zero-order chi connectivity index (χ0) is 14.8. The molecule has 0 saturated carbocycles. The number of fused-ring (bicyclic) bond motifs is 1. The molecule has 0 bridgehead atoms. The normalized spacial score (nSPS) is 16.8. The van der Waals surface area contributed by atoms with E-state index >= 15 is 0 Å². The van der Waals surface area contributed by atoms with E-state index in [1.54, 1.807) is 0 Å². The zero-order valence-electron chi connectivity index (χ0n) is 13.0. The highest BCUT2D eigenvalue weighted by Gasteiger charge is 2.29. The predicted molar refractivity (Wildman–Crippen MR) is 84.7 cm³/mol. The van der Waals surface area contributed by atoms with Crippen LogP contribution in [0.2, 0.25) is 0 Å². The second-order valence-electron chi connectivity index (χ2n) is 5.69. The molecule has 0 aromatic carbocycles. The van der Waals surface area contributed by atoms with Crippen molar-refractivity contribution in [2.75, 3.05) is 11.9 Å². The highest BCUT2D eigenvalue weighted by atomic mass is 15.0. The standard InChI is InChI=1S/C17H22N4/c1-4-9-19-17-16(20-11(2)12(3)21-17)14-8-7-13-6-5-10-18-15(13)14/h5-6,10,14H,4,7-9H2,1-3H3,(H,19,21). The van der Waals surface area contributed by atoms with E-state index in [1.165, 1.54) is 11.3 Å². The Labute approximate surface area is 126 Å². The minimum absolute atomic E-state index is 0.271. The molecule has 4 nitrogen and oxygen atoms in total. The number of nitrogens with zero attached hydrogens (tertiary/aromatic N) is 3. The van der Waals surface area contributed by atoms with E-state index in [0.29, 0.717) is 0 Å². The number of rotatable bonds is 4. The molecule has 1 aliphatic carbocycles. The largest absolute Gasteiger partial charge is 0.369 e. The number of hydrogen-bond donors (Lipinski definition) is 1. The van der Waals surface area contributed by atoms with E-state index in [9.17, 15) is 0 Å². The molecule has 0 fully saturated rings. The molecule has 0 radical (unpaired) electrons.